The molecule has 0 spiro atoms. The smallest absolute Gasteiger partial charge is 0.252 e. The van der Waals surface area contributed by atoms with Gasteiger partial charge in [-0.1, -0.05) is 18.2 Å². The van der Waals surface area contributed by atoms with Crippen molar-refractivity contribution in [3.8, 4) is 0 Å². The van der Waals surface area contributed by atoms with Crippen molar-refractivity contribution in [1.29, 1.82) is 0 Å². The number of rotatable bonds is 6. The molecule has 0 aliphatic rings. The van der Waals surface area contributed by atoms with Crippen LogP contribution >= 0.6 is 0 Å². The number of pyridine rings is 1. The average molecular weight is 364 g/mol. The quantitative estimate of drug-likeness (QED) is 0.571. The number of aromatic nitrogens is 3. The Morgan fingerprint density at radius 1 is 1.11 bits per heavy atom. The number of hydrogen-bond donors (Lipinski definition) is 1. The number of furan rings is 1. The van der Waals surface area contributed by atoms with Gasteiger partial charge < -0.3 is 9.73 Å². The predicted octanol–water partition coefficient (Wildman–Crippen LogP) is 3.02. The summed E-state index contributed by atoms with van der Waals surface area (Å²) in [7, 11) is 0. The van der Waals surface area contributed by atoms with Gasteiger partial charge in [0, 0.05) is 12.7 Å². The highest BCUT2D eigenvalue weighted by Gasteiger charge is 2.12. The van der Waals surface area contributed by atoms with Crippen molar-refractivity contribution in [2.24, 2.45) is 0 Å². The fraction of sp³-hybridized carbons (Fsp3) is 0.150. The van der Waals surface area contributed by atoms with E-state index >= 15 is 0 Å². The second kappa shape index (κ2) is 7.41. The second-order valence-corrected chi connectivity index (χ2v) is 6.12. The van der Waals surface area contributed by atoms with Crippen LogP contribution in [0.25, 0.3) is 5.65 Å². The van der Waals surface area contributed by atoms with Gasteiger partial charge in [-0.2, -0.15) is 0 Å². The zero-order chi connectivity index (χ0) is 18.6. The number of hydrogen-bond acceptors (Lipinski definition) is 4. The molecule has 0 unspecified atom stereocenters. The maximum Gasteiger partial charge on any atom is 0.252 e. The molecule has 6 nitrogen and oxygen atoms in total. The van der Waals surface area contributed by atoms with Crippen molar-refractivity contribution in [3.63, 3.8) is 0 Å². The summed E-state index contributed by atoms with van der Waals surface area (Å²) in [6, 6.07) is 13.7. The summed E-state index contributed by atoms with van der Waals surface area (Å²) in [4.78, 5) is 12.4. The molecule has 0 fully saturated rings. The van der Waals surface area contributed by atoms with Gasteiger partial charge in [-0.05, 0) is 42.3 Å². The summed E-state index contributed by atoms with van der Waals surface area (Å²) in [6.45, 7) is 0.346. The van der Waals surface area contributed by atoms with E-state index in [4.69, 9.17) is 4.42 Å². The molecule has 7 heteroatoms. The van der Waals surface area contributed by atoms with Crippen LogP contribution in [0.5, 0.6) is 0 Å². The van der Waals surface area contributed by atoms with Gasteiger partial charge in [0.25, 0.3) is 5.91 Å². The van der Waals surface area contributed by atoms with Crippen LogP contribution < -0.4 is 5.32 Å². The maximum absolute atomic E-state index is 13.6. The van der Waals surface area contributed by atoms with Crippen LogP contribution in [0.1, 0.15) is 27.5 Å². The Bertz CT molecular complexity index is 1070. The highest BCUT2D eigenvalue weighted by atomic mass is 19.1. The van der Waals surface area contributed by atoms with Crippen LogP contribution in [0.4, 0.5) is 4.39 Å². The number of carbonyl (C=O) groups excluding carboxylic acids is 1. The molecule has 4 aromatic rings. The number of nitrogens with zero attached hydrogens (tertiary/aromatic N) is 3. The third kappa shape index (κ3) is 3.72. The van der Waals surface area contributed by atoms with Gasteiger partial charge in [0.15, 0.2) is 5.65 Å². The van der Waals surface area contributed by atoms with Gasteiger partial charge in [-0.3, -0.25) is 9.20 Å². The van der Waals surface area contributed by atoms with Crippen molar-refractivity contribution in [2.75, 3.05) is 6.54 Å². The molecule has 0 bridgehead atoms. The van der Waals surface area contributed by atoms with Crippen LogP contribution in [0.15, 0.2) is 65.4 Å². The largest absolute Gasteiger partial charge is 0.469 e. The van der Waals surface area contributed by atoms with Crippen molar-refractivity contribution >= 4 is 11.6 Å². The minimum atomic E-state index is -0.264. The monoisotopic (exact) mass is 364 g/mol. The standard InChI is InChI=1S/C20H17FN4O2/c21-17-6-2-1-4-14(17)9-10-22-20(26)15-7-8-18-23-24-19(25(18)13-15)12-16-5-3-11-27-16/h1-8,11,13H,9-10,12H2,(H,22,26). The zero-order valence-electron chi connectivity index (χ0n) is 14.4. The first-order valence-electron chi connectivity index (χ1n) is 8.58. The number of carbonyl (C=O) groups is 1. The normalized spacial score (nSPS) is 11.0. The van der Waals surface area contributed by atoms with Gasteiger partial charge in [0.05, 0.1) is 18.2 Å². The number of benzene rings is 1. The molecule has 0 aliphatic carbocycles. The first kappa shape index (κ1) is 17.0. The van der Waals surface area contributed by atoms with E-state index in [0.717, 1.165) is 5.76 Å². The lowest BCUT2D eigenvalue weighted by molar-refractivity contribution is 0.0953. The van der Waals surface area contributed by atoms with Gasteiger partial charge >= 0.3 is 0 Å². The summed E-state index contributed by atoms with van der Waals surface area (Å²) in [5, 5.41) is 11.1. The first-order chi connectivity index (χ1) is 13.2. The molecular formula is C20H17FN4O2. The van der Waals surface area contributed by atoms with Crippen LogP contribution in [-0.4, -0.2) is 27.0 Å². The first-order valence-corrected chi connectivity index (χ1v) is 8.58. The van der Waals surface area contributed by atoms with E-state index in [-0.39, 0.29) is 11.7 Å². The fourth-order valence-electron chi connectivity index (χ4n) is 2.88. The molecule has 3 aromatic heterocycles. The summed E-state index contributed by atoms with van der Waals surface area (Å²) in [5.74, 6) is 0.955. The zero-order valence-corrected chi connectivity index (χ0v) is 14.4. The van der Waals surface area contributed by atoms with E-state index in [1.807, 2.05) is 12.1 Å². The summed E-state index contributed by atoms with van der Waals surface area (Å²) in [5.41, 5.74) is 1.71. The highest BCUT2D eigenvalue weighted by Crippen LogP contribution is 2.12. The Hall–Kier alpha value is -3.48. The Morgan fingerprint density at radius 3 is 2.81 bits per heavy atom. The van der Waals surface area contributed by atoms with E-state index in [2.05, 4.69) is 15.5 Å². The molecule has 0 atom stereocenters. The molecule has 0 radical (unpaired) electrons. The summed E-state index contributed by atoms with van der Waals surface area (Å²) < 4.78 is 20.8. The SMILES string of the molecule is O=C(NCCc1ccccc1F)c1ccc2nnc(Cc3ccco3)n2c1. The summed E-state index contributed by atoms with van der Waals surface area (Å²) >= 11 is 0. The Kier molecular flexibility index (Phi) is 4.65. The lowest BCUT2D eigenvalue weighted by Crippen LogP contribution is -2.26. The van der Waals surface area contributed by atoms with Crippen LogP contribution in [0.2, 0.25) is 0 Å². The van der Waals surface area contributed by atoms with Crippen molar-refractivity contribution < 1.29 is 13.6 Å². The topological polar surface area (TPSA) is 72.4 Å². The highest BCUT2D eigenvalue weighted by molar-refractivity contribution is 5.94. The molecule has 0 aliphatic heterocycles. The third-order valence-electron chi connectivity index (χ3n) is 4.29. The van der Waals surface area contributed by atoms with E-state index in [0.29, 0.717) is 42.0 Å². The van der Waals surface area contributed by atoms with Gasteiger partial charge in [0.1, 0.15) is 17.4 Å². The molecule has 3 heterocycles. The lowest BCUT2D eigenvalue weighted by atomic mass is 10.1. The van der Waals surface area contributed by atoms with Crippen LogP contribution in [0, 0.1) is 5.82 Å². The molecule has 0 saturated heterocycles. The van der Waals surface area contributed by atoms with Crippen LogP contribution in [0.3, 0.4) is 0 Å². The predicted molar refractivity (Wildman–Crippen MR) is 96.9 cm³/mol. The minimum Gasteiger partial charge on any atom is -0.469 e. The van der Waals surface area contributed by atoms with E-state index in [1.165, 1.54) is 6.07 Å². The number of nitrogens with one attached hydrogen (secondary N) is 1. The maximum atomic E-state index is 13.6. The van der Waals surface area contributed by atoms with E-state index < -0.39 is 0 Å². The average Bonchev–Trinajstić information content (AvgIpc) is 3.33. The van der Waals surface area contributed by atoms with E-state index in [1.54, 1.807) is 47.2 Å². The minimum absolute atomic E-state index is 0.231. The van der Waals surface area contributed by atoms with Crippen LogP contribution in [-0.2, 0) is 12.8 Å². The number of amides is 1. The third-order valence-corrected chi connectivity index (χ3v) is 4.29. The molecule has 4 rings (SSSR count). The molecule has 1 amide bonds. The molecule has 1 N–H and O–H groups in total. The van der Waals surface area contributed by atoms with Crippen molar-refractivity contribution in [2.45, 2.75) is 12.8 Å². The Morgan fingerprint density at radius 2 is 2.00 bits per heavy atom. The Labute approximate surface area is 154 Å². The molecule has 27 heavy (non-hydrogen) atoms. The van der Waals surface area contributed by atoms with E-state index in [9.17, 15) is 9.18 Å². The molecule has 0 saturated carbocycles. The number of fused-ring (bicyclic) bond motifs is 1. The number of halogens is 1. The molecular weight excluding hydrogens is 347 g/mol. The lowest BCUT2D eigenvalue weighted by Gasteiger charge is -2.07. The van der Waals surface area contributed by atoms with Gasteiger partial charge in [-0.15, -0.1) is 10.2 Å². The van der Waals surface area contributed by atoms with Gasteiger partial charge in [0.2, 0.25) is 0 Å². The van der Waals surface area contributed by atoms with Crippen molar-refractivity contribution in [1.82, 2.24) is 19.9 Å². The second-order valence-electron chi connectivity index (χ2n) is 6.12. The Balaban J connectivity index is 1.46. The van der Waals surface area contributed by atoms with Gasteiger partial charge in [-0.25, -0.2) is 4.39 Å². The molecule has 1 aromatic carbocycles. The summed E-state index contributed by atoms with van der Waals surface area (Å²) in [6.07, 6.45) is 4.21. The van der Waals surface area contributed by atoms with Crippen molar-refractivity contribution in [3.05, 3.63) is 89.5 Å². The molecule has 136 valence electrons. The fourth-order valence-corrected chi connectivity index (χ4v) is 2.88.